The first-order valence-corrected chi connectivity index (χ1v) is 11.0. The van der Waals surface area contributed by atoms with Gasteiger partial charge in [0.25, 0.3) is 0 Å². The summed E-state index contributed by atoms with van der Waals surface area (Å²) >= 11 is 0. The molecule has 0 amide bonds. The molecule has 8 fully saturated rings. The Hall–Kier alpha value is 0.217. The molecule has 0 N–H and O–H groups in total. The van der Waals surface area contributed by atoms with Gasteiger partial charge < -0.3 is 0 Å². The molecule has 0 spiro atoms. The number of hydrogen-bond acceptors (Lipinski definition) is 0. The van der Waals surface area contributed by atoms with Gasteiger partial charge in [0.05, 0.1) is 9.52 Å². The summed E-state index contributed by atoms with van der Waals surface area (Å²) < 4.78 is 0. The summed E-state index contributed by atoms with van der Waals surface area (Å²) in [4.78, 5) is 0. The molecule has 0 nitrogen and oxygen atoms in total. The molecule has 8 bridgehead atoms. The predicted octanol–water partition coefficient (Wildman–Crippen LogP) is 5.47. The lowest BCUT2D eigenvalue weighted by Gasteiger charge is -2.63. The maximum atomic E-state index is 1.67. The van der Waals surface area contributed by atoms with Gasteiger partial charge >= 0.3 is 0 Å². The summed E-state index contributed by atoms with van der Waals surface area (Å²) in [6, 6.07) is 0. The summed E-state index contributed by atoms with van der Waals surface area (Å²) in [6.07, 6.45) is 19.8. The van der Waals surface area contributed by atoms with Crippen LogP contribution in [-0.2, 0) is 0 Å². The zero-order chi connectivity index (χ0) is 13.7. The molecule has 0 unspecified atom stereocenters. The molecule has 0 saturated heterocycles. The molecule has 0 heterocycles. The van der Waals surface area contributed by atoms with E-state index in [1.165, 1.54) is 9.52 Å². The summed E-state index contributed by atoms with van der Waals surface area (Å²) in [5.74, 6) is 6.99. The van der Waals surface area contributed by atoms with Crippen molar-refractivity contribution in [1.82, 2.24) is 0 Å². The van der Waals surface area contributed by atoms with Gasteiger partial charge in [-0.1, -0.05) is 0 Å². The van der Waals surface area contributed by atoms with E-state index >= 15 is 0 Å². The minimum atomic E-state index is 0.875. The summed E-state index contributed by atoms with van der Waals surface area (Å²) in [7, 11) is 1.38. The van der Waals surface area contributed by atoms with Gasteiger partial charge in [-0.15, -0.1) is 0 Å². The molecule has 114 valence electrons. The monoisotopic (exact) mass is 298 g/mol. The molecule has 0 aliphatic heterocycles. The van der Waals surface area contributed by atoms with Crippen molar-refractivity contribution >= 4 is 9.52 Å². The third-order valence-electron chi connectivity index (χ3n) is 8.61. The molecule has 0 aromatic carbocycles. The van der Waals surface area contributed by atoms with Crippen molar-refractivity contribution in [3.8, 4) is 0 Å². The van der Waals surface area contributed by atoms with Crippen LogP contribution in [0.5, 0.6) is 0 Å². The summed E-state index contributed by atoms with van der Waals surface area (Å²) in [5.41, 5.74) is 0. The van der Waals surface area contributed by atoms with Crippen LogP contribution in [0.25, 0.3) is 0 Å². The van der Waals surface area contributed by atoms with Crippen LogP contribution >= 0.6 is 0 Å². The lowest BCUT2D eigenvalue weighted by Crippen LogP contribution is -2.51. The Labute approximate surface area is 132 Å². The quantitative estimate of drug-likeness (QED) is 0.593. The van der Waals surface area contributed by atoms with Gasteiger partial charge in [0.15, 0.2) is 0 Å². The van der Waals surface area contributed by atoms with Crippen molar-refractivity contribution < 1.29 is 0 Å². The molecular formula is C20H30Si. The molecule has 8 aliphatic carbocycles. The second-order valence-corrected chi connectivity index (χ2v) is 12.9. The molecule has 1 heteroatoms. The van der Waals surface area contributed by atoms with E-state index < -0.39 is 0 Å². The summed E-state index contributed by atoms with van der Waals surface area (Å²) in [6.45, 7) is 0. The first-order chi connectivity index (χ1) is 10.2. The molecule has 2 radical (unpaired) electrons. The van der Waals surface area contributed by atoms with E-state index in [1.807, 2.05) is 0 Å². The van der Waals surface area contributed by atoms with E-state index in [9.17, 15) is 0 Å². The Morgan fingerprint density at radius 2 is 0.667 bits per heavy atom. The molecular weight excluding hydrogens is 268 g/mol. The molecule has 8 saturated carbocycles. The van der Waals surface area contributed by atoms with E-state index in [0.717, 1.165) is 45.6 Å². The van der Waals surface area contributed by atoms with Crippen LogP contribution in [-0.4, -0.2) is 9.52 Å². The maximum Gasteiger partial charge on any atom is 0.0531 e. The summed E-state index contributed by atoms with van der Waals surface area (Å²) in [5, 5.41) is 1.75. The van der Waals surface area contributed by atoms with Crippen LogP contribution in [0.3, 0.4) is 0 Å². The second-order valence-electron chi connectivity index (χ2n) is 10.5. The minimum Gasteiger partial charge on any atom is -0.0476 e. The number of hydrogen-bond donors (Lipinski definition) is 0. The van der Waals surface area contributed by atoms with Crippen LogP contribution in [0.15, 0.2) is 0 Å². The molecule has 0 aromatic heterocycles. The Morgan fingerprint density at radius 1 is 0.429 bits per heavy atom. The van der Waals surface area contributed by atoms with Gasteiger partial charge in [-0.25, -0.2) is 0 Å². The average Bonchev–Trinajstić information content (AvgIpc) is 2.33. The van der Waals surface area contributed by atoms with Crippen LogP contribution in [0.4, 0.5) is 0 Å². The molecule has 21 heavy (non-hydrogen) atoms. The Morgan fingerprint density at radius 3 is 0.905 bits per heavy atom. The lowest BCUT2D eigenvalue weighted by atomic mass is 9.55. The largest absolute Gasteiger partial charge is 0.0531 e. The van der Waals surface area contributed by atoms with Crippen molar-refractivity contribution in [3.63, 3.8) is 0 Å². The second kappa shape index (κ2) is 4.00. The van der Waals surface area contributed by atoms with Gasteiger partial charge in [0.1, 0.15) is 0 Å². The van der Waals surface area contributed by atoms with Crippen molar-refractivity contribution in [2.24, 2.45) is 35.5 Å². The smallest absolute Gasteiger partial charge is 0.0476 e. The highest BCUT2D eigenvalue weighted by Crippen LogP contribution is 2.70. The van der Waals surface area contributed by atoms with E-state index in [4.69, 9.17) is 0 Å². The van der Waals surface area contributed by atoms with Crippen molar-refractivity contribution in [2.45, 2.75) is 87.1 Å². The molecule has 0 aromatic rings. The molecule has 8 aliphatic rings. The lowest BCUT2D eigenvalue weighted by molar-refractivity contribution is 0.00838. The third kappa shape index (κ3) is 1.85. The number of rotatable bonds is 2. The van der Waals surface area contributed by atoms with Gasteiger partial charge in [-0.05, 0) is 123 Å². The van der Waals surface area contributed by atoms with Gasteiger partial charge in [0, 0.05) is 0 Å². The minimum absolute atomic E-state index is 0.875. The van der Waals surface area contributed by atoms with Gasteiger partial charge in [-0.3, -0.25) is 0 Å². The first kappa shape index (κ1) is 12.6. The maximum absolute atomic E-state index is 1.67. The highest BCUT2D eigenvalue weighted by Gasteiger charge is 2.58. The van der Waals surface area contributed by atoms with E-state index in [2.05, 4.69) is 0 Å². The topological polar surface area (TPSA) is 0 Å². The average molecular weight is 299 g/mol. The Bertz CT molecular complexity index is 352. The van der Waals surface area contributed by atoms with Crippen LogP contribution in [0.1, 0.15) is 77.0 Å². The SMILES string of the molecule is C1C2CC3CC1CC([Si]C14CC5CC(CC(C5)C1)C4)(C2)C3. The normalized spacial score (nSPS) is 63.4. The molecule has 8 rings (SSSR count). The van der Waals surface area contributed by atoms with Gasteiger partial charge in [-0.2, -0.15) is 0 Å². The highest BCUT2D eigenvalue weighted by atomic mass is 28.2. The predicted molar refractivity (Wildman–Crippen MR) is 87.5 cm³/mol. The van der Waals surface area contributed by atoms with E-state index in [1.54, 1.807) is 77.0 Å². The van der Waals surface area contributed by atoms with Crippen molar-refractivity contribution in [2.75, 3.05) is 0 Å². The van der Waals surface area contributed by atoms with Crippen molar-refractivity contribution in [3.05, 3.63) is 0 Å². The zero-order valence-corrected chi connectivity index (χ0v) is 14.4. The zero-order valence-electron chi connectivity index (χ0n) is 13.4. The Kier molecular flexibility index (Phi) is 2.40. The molecule has 0 atom stereocenters. The third-order valence-corrected chi connectivity index (χ3v) is 10.9. The fourth-order valence-corrected chi connectivity index (χ4v) is 12.6. The fraction of sp³-hybridized carbons (Fsp3) is 1.00. The van der Waals surface area contributed by atoms with E-state index in [0.29, 0.717) is 0 Å². The fourth-order valence-electron chi connectivity index (χ4n) is 9.09. The Balaban J connectivity index is 1.31. The van der Waals surface area contributed by atoms with Crippen LogP contribution in [0, 0.1) is 35.5 Å². The first-order valence-electron chi connectivity index (χ1n) is 9.97. The standard InChI is InChI=1S/C20H30Si/c1-13-2-15-3-14(1)8-19(7-13,9-15)21-20-10-16-4-17(11-20)6-18(5-16)12-20/h13-18H,1-12H2. The van der Waals surface area contributed by atoms with E-state index in [-0.39, 0.29) is 0 Å². The van der Waals surface area contributed by atoms with Gasteiger partial charge in [0.2, 0.25) is 0 Å². The highest BCUT2D eigenvalue weighted by molar-refractivity contribution is 6.44. The van der Waals surface area contributed by atoms with Crippen molar-refractivity contribution in [1.29, 1.82) is 0 Å². The van der Waals surface area contributed by atoms with Crippen LogP contribution < -0.4 is 0 Å². The van der Waals surface area contributed by atoms with Crippen LogP contribution in [0.2, 0.25) is 10.1 Å².